The molecule has 0 radical (unpaired) electrons. The summed E-state index contributed by atoms with van der Waals surface area (Å²) in [6, 6.07) is 0.0129. The van der Waals surface area contributed by atoms with Crippen LogP contribution in [0, 0.1) is 0 Å². The van der Waals surface area contributed by atoms with Gasteiger partial charge in [-0.05, 0) is 40.5 Å². The lowest BCUT2D eigenvalue weighted by atomic mass is 10.0. The number of amides is 2. The SMILES string of the molecule is CCOC(=O)CCC(=O)N1CCC(NC(=O)OC(C)(C)C)CC1. The molecule has 0 aromatic carbocycles. The van der Waals surface area contributed by atoms with E-state index in [-0.39, 0.29) is 30.8 Å². The van der Waals surface area contributed by atoms with Crippen molar-refractivity contribution in [2.75, 3.05) is 19.7 Å². The van der Waals surface area contributed by atoms with Crippen molar-refractivity contribution >= 4 is 18.0 Å². The molecule has 0 spiro atoms. The van der Waals surface area contributed by atoms with Crippen LogP contribution >= 0.6 is 0 Å². The summed E-state index contributed by atoms with van der Waals surface area (Å²) in [6.45, 7) is 8.66. The molecule has 0 unspecified atom stereocenters. The molecule has 1 saturated heterocycles. The van der Waals surface area contributed by atoms with Gasteiger partial charge in [0.25, 0.3) is 0 Å². The van der Waals surface area contributed by atoms with Gasteiger partial charge in [0.15, 0.2) is 0 Å². The van der Waals surface area contributed by atoms with E-state index in [0.29, 0.717) is 32.5 Å². The first-order chi connectivity index (χ1) is 10.7. The number of rotatable bonds is 5. The first-order valence-electron chi connectivity index (χ1n) is 8.14. The van der Waals surface area contributed by atoms with Crippen LogP contribution in [0.3, 0.4) is 0 Å². The minimum absolute atomic E-state index is 0.0129. The summed E-state index contributed by atoms with van der Waals surface area (Å²) >= 11 is 0. The zero-order chi connectivity index (χ0) is 17.5. The molecule has 0 aromatic rings. The molecule has 23 heavy (non-hydrogen) atoms. The van der Waals surface area contributed by atoms with Crippen molar-refractivity contribution in [2.24, 2.45) is 0 Å². The number of hydrogen-bond acceptors (Lipinski definition) is 5. The lowest BCUT2D eigenvalue weighted by molar-refractivity contribution is -0.145. The number of piperidine rings is 1. The molecular formula is C16H28N2O5. The van der Waals surface area contributed by atoms with Crippen LogP contribution < -0.4 is 5.32 Å². The Morgan fingerprint density at radius 3 is 2.26 bits per heavy atom. The number of esters is 1. The maximum absolute atomic E-state index is 12.0. The van der Waals surface area contributed by atoms with Gasteiger partial charge in [-0.15, -0.1) is 0 Å². The Morgan fingerprint density at radius 1 is 1.13 bits per heavy atom. The molecule has 0 saturated carbocycles. The van der Waals surface area contributed by atoms with E-state index in [9.17, 15) is 14.4 Å². The number of carbonyl (C=O) groups is 3. The third-order valence-electron chi connectivity index (χ3n) is 3.42. The fourth-order valence-electron chi connectivity index (χ4n) is 2.35. The normalized spacial score (nSPS) is 15.9. The summed E-state index contributed by atoms with van der Waals surface area (Å²) < 4.78 is 10.0. The highest BCUT2D eigenvalue weighted by Gasteiger charge is 2.25. The first-order valence-corrected chi connectivity index (χ1v) is 8.14. The summed E-state index contributed by atoms with van der Waals surface area (Å²) in [6.07, 6.45) is 1.23. The molecule has 1 fully saturated rings. The lowest BCUT2D eigenvalue weighted by Crippen LogP contribution is -2.47. The molecule has 132 valence electrons. The largest absolute Gasteiger partial charge is 0.466 e. The number of nitrogens with zero attached hydrogens (tertiary/aromatic N) is 1. The predicted molar refractivity (Wildman–Crippen MR) is 84.8 cm³/mol. The smallest absolute Gasteiger partial charge is 0.407 e. The maximum atomic E-state index is 12.0. The van der Waals surface area contributed by atoms with Gasteiger partial charge in [-0.25, -0.2) is 4.79 Å². The molecule has 7 heteroatoms. The fourth-order valence-corrected chi connectivity index (χ4v) is 2.35. The topological polar surface area (TPSA) is 84.9 Å². The third kappa shape index (κ3) is 7.85. The quantitative estimate of drug-likeness (QED) is 0.779. The van der Waals surface area contributed by atoms with E-state index >= 15 is 0 Å². The van der Waals surface area contributed by atoms with Crippen molar-refractivity contribution in [3.05, 3.63) is 0 Å². The Kier molecular flexibility index (Phi) is 7.32. The zero-order valence-electron chi connectivity index (χ0n) is 14.5. The van der Waals surface area contributed by atoms with Gasteiger partial charge in [-0.1, -0.05) is 0 Å². The molecule has 2 amide bonds. The van der Waals surface area contributed by atoms with Crippen LogP contribution in [0.2, 0.25) is 0 Å². The highest BCUT2D eigenvalue weighted by Crippen LogP contribution is 2.14. The second kappa shape index (κ2) is 8.74. The van der Waals surface area contributed by atoms with Crippen LogP contribution in [0.4, 0.5) is 4.79 Å². The average Bonchev–Trinajstić information content (AvgIpc) is 2.44. The lowest BCUT2D eigenvalue weighted by Gasteiger charge is -2.32. The molecule has 1 heterocycles. The fraction of sp³-hybridized carbons (Fsp3) is 0.812. The van der Waals surface area contributed by atoms with E-state index in [1.807, 2.05) is 20.8 Å². The average molecular weight is 328 g/mol. The Morgan fingerprint density at radius 2 is 1.74 bits per heavy atom. The Hall–Kier alpha value is -1.79. The van der Waals surface area contributed by atoms with Crippen LogP contribution in [0.5, 0.6) is 0 Å². The van der Waals surface area contributed by atoms with Crippen molar-refractivity contribution in [1.82, 2.24) is 10.2 Å². The Labute approximate surface area is 137 Å². The minimum atomic E-state index is -0.520. The summed E-state index contributed by atoms with van der Waals surface area (Å²) in [5.41, 5.74) is -0.520. The van der Waals surface area contributed by atoms with Crippen molar-refractivity contribution in [1.29, 1.82) is 0 Å². The van der Waals surface area contributed by atoms with E-state index in [1.54, 1.807) is 11.8 Å². The van der Waals surface area contributed by atoms with E-state index in [0.717, 1.165) is 0 Å². The number of ether oxygens (including phenoxy) is 2. The van der Waals surface area contributed by atoms with Gasteiger partial charge in [-0.2, -0.15) is 0 Å². The predicted octanol–water partition coefficient (Wildman–Crippen LogP) is 1.85. The van der Waals surface area contributed by atoms with Gasteiger partial charge in [0.05, 0.1) is 13.0 Å². The van der Waals surface area contributed by atoms with Gasteiger partial charge in [0, 0.05) is 25.6 Å². The second-order valence-electron chi connectivity index (χ2n) is 6.61. The number of alkyl carbamates (subject to hydrolysis) is 1. The van der Waals surface area contributed by atoms with Crippen LogP contribution in [0.25, 0.3) is 0 Å². The van der Waals surface area contributed by atoms with Gasteiger partial charge in [-0.3, -0.25) is 9.59 Å². The van der Waals surface area contributed by atoms with Crippen LogP contribution in [0.1, 0.15) is 53.4 Å². The first kappa shape index (κ1) is 19.3. The van der Waals surface area contributed by atoms with E-state index < -0.39 is 11.7 Å². The van der Waals surface area contributed by atoms with Gasteiger partial charge < -0.3 is 19.7 Å². The standard InChI is InChI=1S/C16H28N2O5/c1-5-22-14(20)7-6-13(19)18-10-8-12(9-11-18)17-15(21)23-16(2,3)4/h12H,5-11H2,1-4H3,(H,17,21). The minimum Gasteiger partial charge on any atom is -0.466 e. The highest BCUT2D eigenvalue weighted by molar-refractivity contribution is 5.81. The number of likely N-dealkylation sites (tertiary alicyclic amines) is 1. The third-order valence-corrected chi connectivity index (χ3v) is 3.42. The molecule has 0 bridgehead atoms. The number of hydrogen-bond donors (Lipinski definition) is 1. The van der Waals surface area contributed by atoms with E-state index in [1.165, 1.54) is 0 Å². The molecule has 1 aliphatic heterocycles. The molecule has 0 aromatic heterocycles. The zero-order valence-corrected chi connectivity index (χ0v) is 14.5. The Bertz CT molecular complexity index is 423. The summed E-state index contributed by atoms with van der Waals surface area (Å²) in [5, 5.41) is 2.83. The molecule has 0 atom stereocenters. The van der Waals surface area contributed by atoms with Crippen molar-refractivity contribution in [3.8, 4) is 0 Å². The van der Waals surface area contributed by atoms with E-state index in [2.05, 4.69) is 5.32 Å². The maximum Gasteiger partial charge on any atom is 0.407 e. The van der Waals surface area contributed by atoms with Gasteiger partial charge in [0.1, 0.15) is 5.60 Å². The van der Waals surface area contributed by atoms with Crippen molar-refractivity contribution < 1.29 is 23.9 Å². The molecule has 1 aliphatic rings. The molecule has 1 N–H and O–H groups in total. The number of nitrogens with one attached hydrogen (secondary N) is 1. The van der Waals surface area contributed by atoms with E-state index in [4.69, 9.17) is 9.47 Å². The molecular weight excluding hydrogens is 300 g/mol. The van der Waals surface area contributed by atoms with Gasteiger partial charge in [0.2, 0.25) is 5.91 Å². The Balaban J connectivity index is 2.28. The summed E-state index contributed by atoms with van der Waals surface area (Å²) in [4.78, 5) is 36.7. The van der Waals surface area contributed by atoms with Crippen LogP contribution in [-0.2, 0) is 19.1 Å². The summed E-state index contributed by atoms with van der Waals surface area (Å²) in [5.74, 6) is -0.393. The van der Waals surface area contributed by atoms with Crippen molar-refractivity contribution in [3.63, 3.8) is 0 Å². The number of carbonyl (C=O) groups excluding carboxylic acids is 3. The molecule has 0 aliphatic carbocycles. The highest BCUT2D eigenvalue weighted by atomic mass is 16.6. The van der Waals surface area contributed by atoms with Crippen LogP contribution in [0.15, 0.2) is 0 Å². The molecule has 1 rings (SSSR count). The van der Waals surface area contributed by atoms with Crippen LogP contribution in [-0.4, -0.2) is 54.2 Å². The monoisotopic (exact) mass is 328 g/mol. The van der Waals surface area contributed by atoms with Gasteiger partial charge >= 0.3 is 12.1 Å². The summed E-state index contributed by atoms with van der Waals surface area (Å²) in [7, 11) is 0. The van der Waals surface area contributed by atoms with Crippen molar-refractivity contribution in [2.45, 2.75) is 65.0 Å². The second-order valence-corrected chi connectivity index (χ2v) is 6.61. The molecule has 7 nitrogen and oxygen atoms in total.